The fourth-order valence-corrected chi connectivity index (χ4v) is 2.90. The van der Waals surface area contributed by atoms with E-state index in [2.05, 4.69) is 9.97 Å². The summed E-state index contributed by atoms with van der Waals surface area (Å²) < 4.78 is 40.2. The largest absolute Gasteiger partial charge is 0.434 e. The van der Waals surface area contributed by atoms with Crippen LogP contribution in [0, 0.1) is 12.8 Å². The number of aryl methyl sites for hydroxylation is 1. The van der Waals surface area contributed by atoms with Gasteiger partial charge in [-0.05, 0) is 31.5 Å². The zero-order valence-electron chi connectivity index (χ0n) is 13.2. The number of carbonyl (C=O) groups is 3. The normalized spacial score (nSPS) is 16.5. The van der Waals surface area contributed by atoms with E-state index in [4.69, 9.17) is 0 Å². The van der Waals surface area contributed by atoms with E-state index in [-0.39, 0.29) is 23.9 Å². The highest BCUT2D eigenvalue weighted by Gasteiger charge is 2.43. The Morgan fingerprint density at radius 3 is 2.36 bits per heavy atom. The van der Waals surface area contributed by atoms with E-state index >= 15 is 0 Å². The van der Waals surface area contributed by atoms with Gasteiger partial charge in [-0.1, -0.05) is 0 Å². The Kier molecular flexibility index (Phi) is 4.14. The Morgan fingerprint density at radius 2 is 1.76 bits per heavy atom. The number of rotatable bonds is 2. The van der Waals surface area contributed by atoms with Gasteiger partial charge < -0.3 is 0 Å². The molecule has 0 radical (unpaired) electrons. The van der Waals surface area contributed by atoms with Crippen molar-refractivity contribution in [3.8, 4) is 0 Å². The quantitative estimate of drug-likeness (QED) is 0.614. The van der Waals surface area contributed by atoms with Crippen LogP contribution >= 0.6 is 0 Å². The van der Waals surface area contributed by atoms with E-state index in [1.807, 2.05) is 0 Å². The summed E-state index contributed by atoms with van der Waals surface area (Å²) in [6.07, 6.45) is -4.59. The standard InChI is InChI=1S/C17H13F3N2O3/c1-8-5-6-9-7-10(15(17(18,19)20)22-16(9)21-8)14(25)13-11(23)3-2-4-12(13)24/h5-7,13H,2-4H2,1H3. The Labute approximate surface area is 140 Å². The van der Waals surface area contributed by atoms with Crippen molar-refractivity contribution in [1.82, 2.24) is 9.97 Å². The highest BCUT2D eigenvalue weighted by Crippen LogP contribution is 2.34. The lowest BCUT2D eigenvalue weighted by molar-refractivity contribution is -0.142. The lowest BCUT2D eigenvalue weighted by Gasteiger charge is -2.20. The number of hydrogen-bond acceptors (Lipinski definition) is 5. The first kappa shape index (κ1) is 17.2. The van der Waals surface area contributed by atoms with Crippen molar-refractivity contribution < 1.29 is 27.6 Å². The third-order valence-electron chi connectivity index (χ3n) is 4.10. The summed E-state index contributed by atoms with van der Waals surface area (Å²) in [4.78, 5) is 43.9. The molecule has 2 aromatic heterocycles. The molecular weight excluding hydrogens is 337 g/mol. The lowest BCUT2D eigenvalue weighted by Crippen LogP contribution is -2.36. The van der Waals surface area contributed by atoms with Crippen molar-refractivity contribution in [2.45, 2.75) is 32.4 Å². The number of alkyl halides is 3. The number of nitrogens with zero attached hydrogens (tertiary/aromatic N) is 2. The van der Waals surface area contributed by atoms with Gasteiger partial charge in [0.05, 0.1) is 5.56 Å². The van der Waals surface area contributed by atoms with Crippen LogP contribution < -0.4 is 0 Å². The third kappa shape index (κ3) is 3.16. The molecule has 0 amide bonds. The molecule has 1 aliphatic carbocycles. The molecule has 2 aromatic rings. The number of hydrogen-bond donors (Lipinski definition) is 0. The van der Waals surface area contributed by atoms with Crippen LogP contribution in [-0.4, -0.2) is 27.3 Å². The van der Waals surface area contributed by atoms with Crippen molar-refractivity contribution in [2.24, 2.45) is 5.92 Å². The molecule has 8 heteroatoms. The summed E-state index contributed by atoms with van der Waals surface area (Å²) in [6.45, 7) is 1.60. The molecule has 0 aliphatic heterocycles. The summed E-state index contributed by atoms with van der Waals surface area (Å²) in [6, 6.07) is 4.07. The summed E-state index contributed by atoms with van der Waals surface area (Å²) in [7, 11) is 0. The molecule has 1 fully saturated rings. The molecule has 0 unspecified atom stereocenters. The van der Waals surface area contributed by atoms with Crippen molar-refractivity contribution in [2.75, 3.05) is 0 Å². The zero-order chi connectivity index (χ0) is 18.4. The van der Waals surface area contributed by atoms with Crippen LogP contribution in [0.3, 0.4) is 0 Å². The highest BCUT2D eigenvalue weighted by molar-refractivity contribution is 6.25. The Bertz CT molecular complexity index is 890. The maximum atomic E-state index is 13.4. The van der Waals surface area contributed by atoms with Gasteiger partial charge in [0.15, 0.2) is 28.7 Å². The molecule has 0 saturated heterocycles. The maximum absolute atomic E-state index is 13.4. The van der Waals surface area contributed by atoms with Crippen LogP contribution in [0.4, 0.5) is 13.2 Å². The second kappa shape index (κ2) is 6.02. The van der Waals surface area contributed by atoms with Gasteiger partial charge in [0.25, 0.3) is 0 Å². The molecular formula is C17H13F3N2O3. The molecule has 0 spiro atoms. The van der Waals surface area contributed by atoms with Gasteiger partial charge in [-0.15, -0.1) is 0 Å². The molecule has 1 aliphatic rings. The molecule has 130 valence electrons. The molecule has 0 atom stereocenters. The minimum absolute atomic E-state index is 0.00522. The Balaban J connectivity index is 2.19. The first-order chi connectivity index (χ1) is 11.7. The SMILES string of the molecule is Cc1ccc2cc(C(=O)C3C(=O)CCCC3=O)c(C(F)(F)F)nc2n1. The van der Waals surface area contributed by atoms with Crippen molar-refractivity contribution in [3.05, 3.63) is 35.2 Å². The van der Waals surface area contributed by atoms with Crippen LogP contribution in [-0.2, 0) is 15.8 Å². The van der Waals surface area contributed by atoms with Crippen molar-refractivity contribution in [1.29, 1.82) is 0 Å². The van der Waals surface area contributed by atoms with Gasteiger partial charge in [-0.3, -0.25) is 14.4 Å². The number of ketones is 3. The summed E-state index contributed by atoms with van der Waals surface area (Å²) in [5.41, 5.74) is -1.86. The highest BCUT2D eigenvalue weighted by atomic mass is 19.4. The number of Topliss-reactive ketones (excluding diaryl/α,β-unsaturated/α-hetero) is 3. The predicted molar refractivity (Wildman–Crippen MR) is 81.0 cm³/mol. The van der Waals surface area contributed by atoms with Gasteiger partial charge in [0, 0.05) is 23.9 Å². The summed E-state index contributed by atoms with van der Waals surface area (Å²) in [5.74, 6) is -4.10. The molecule has 3 rings (SSSR count). The Morgan fingerprint density at radius 1 is 1.12 bits per heavy atom. The van der Waals surface area contributed by atoms with Gasteiger partial charge >= 0.3 is 6.18 Å². The zero-order valence-corrected chi connectivity index (χ0v) is 13.2. The Hall–Kier alpha value is -2.64. The van der Waals surface area contributed by atoms with Gasteiger partial charge in [-0.25, -0.2) is 9.97 Å². The van der Waals surface area contributed by atoms with Crippen molar-refractivity contribution in [3.63, 3.8) is 0 Å². The smallest absolute Gasteiger partial charge is 0.298 e. The van der Waals surface area contributed by atoms with Gasteiger partial charge in [0.2, 0.25) is 0 Å². The topological polar surface area (TPSA) is 77.0 Å². The van der Waals surface area contributed by atoms with Crippen LogP contribution in [0.15, 0.2) is 18.2 Å². The summed E-state index contributed by atoms with van der Waals surface area (Å²) in [5, 5.41) is 0.234. The monoisotopic (exact) mass is 350 g/mol. The first-order valence-corrected chi connectivity index (χ1v) is 7.63. The minimum Gasteiger partial charge on any atom is -0.298 e. The van der Waals surface area contributed by atoms with E-state index in [0.717, 1.165) is 6.07 Å². The number of aromatic nitrogens is 2. The van der Waals surface area contributed by atoms with Crippen LogP contribution in [0.2, 0.25) is 0 Å². The summed E-state index contributed by atoms with van der Waals surface area (Å²) >= 11 is 0. The van der Waals surface area contributed by atoms with Crippen LogP contribution in [0.1, 0.15) is 41.0 Å². The molecule has 0 aromatic carbocycles. The molecule has 25 heavy (non-hydrogen) atoms. The van der Waals surface area contributed by atoms with E-state index in [1.165, 1.54) is 6.07 Å². The van der Waals surface area contributed by atoms with Gasteiger partial charge in [0.1, 0.15) is 5.92 Å². The molecule has 0 N–H and O–H groups in total. The second-order valence-corrected chi connectivity index (χ2v) is 5.97. The fraction of sp³-hybridized carbons (Fsp3) is 0.353. The van der Waals surface area contributed by atoms with Crippen LogP contribution in [0.5, 0.6) is 0 Å². The average Bonchev–Trinajstić information content (AvgIpc) is 2.52. The maximum Gasteiger partial charge on any atom is 0.434 e. The van der Waals surface area contributed by atoms with E-state index < -0.39 is 40.7 Å². The minimum atomic E-state index is -4.91. The molecule has 2 heterocycles. The van der Waals surface area contributed by atoms with Crippen LogP contribution in [0.25, 0.3) is 11.0 Å². The molecule has 1 saturated carbocycles. The lowest BCUT2D eigenvalue weighted by atomic mass is 9.81. The number of pyridine rings is 2. The predicted octanol–water partition coefficient (Wildman–Crippen LogP) is 3.08. The third-order valence-corrected chi connectivity index (χ3v) is 4.10. The number of fused-ring (bicyclic) bond motifs is 1. The van der Waals surface area contributed by atoms with Gasteiger partial charge in [-0.2, -0.15) is 13.2 Å². The number of halogens is 3. The number of carbonyl (C=O) groups excluding carboxylic acids is 3. The van der Waals surface area contributed by atoms with E-state index in [9.17, 15) is 27.6 Å². The molecule has 5 nitrogen and oxygen atoms in total. The van der Waals surface area contributed by atoms with E-state index in [0.29, 0.717) is 12.1 Å². The van der Waals surface area contributed by atoms with E-state index in [1.54, 1.807) is 13.0 Å². The first-order valence-electron chi connectivity index (χ1n) is 7.63. The molecule has 0 bridgehead atoms. The van der Waals surface area contributed by atoms with Crippen molar-refractivity contribution >= 4 is 28.4 Å². The second-order valence-electron chi connectivity index (χ2n) is 5.97. The fourth-order valence-electron chi connectivity index (χ4n) is 2.90. The average molecular weight is 350 g/mol.